The number of hydrogen-bond acceptors (Lipinski definition) is 5. The summed E-state index contributed by atoms with van der Waals surface area (Å²) < 4.78 is 4.90. The summed E-state index contributed by atoms with van der Waals surface area (Å²) in [5.74, 6) is -0.322. The van der Waals surface area contributed by atoms with E-state index in [2.05, 4.69) is 5.32 Å². The van der Waals surface area contributed by atoms with Crippen molar-refractivity contribution in [3.05, 3.63) is 33.9 Å². The summed E-state index contributed by atoms with van der Waals surface area (Å²) in [6.45, 7) is 2.20. The van der Waals surface area contributed by atoms with Gasteiger partial charge < -0.3 is 15.2 Å². The third kappa shape index (κ3) is 4.20. The largest absolute Gasteiger partial charge is 0.490 e. The molecule has 0 saturated carbocycles. The highest BCUT2D eigenvalue weighted by atomic mass is 16.6. The molecule has 0 aliphatic rings. The van der Waals surface area contributed by atoms with E-state index < -0.39 is 11.0 Å². The smallest absolute Gasteiger partial charge is 0.310 e. The van der Waals surface area contributed by atoms with Crippen LogP contribution in [0.3, 0.4) is 0 Å². The molecule has 1 rings (SSSR count). The van der Waals surface area contributed by atoms with Gasteiger partial charge in [0.1, 0.15) is 0 Å². The first-order valence-corrected chi connectivity index (χ1v) is 6.28. The van der Waals surface area contributed by atoms with E-state index in [1.165, 1.54) is 25.3 Å². The number of amides is 1. The number of nitrogens with one attached hydrogen (secondary N) is 1. The molecule has 0 aromatic heterocycles. The van der Waals surface area contributed by atoms with Crippen LogP contribution in [0.5, 0.6) is 5.75 Å². The Morgan fingerprint density at radius 2 is 2.25 bits per heavy atom. The fourth-order valence-corrected chi connectivity index (χ4v) is 1.63. The number of carbonyl (C=O) groups excluding carboxylic acids is 1. The molecule has 0 radical (unpaired) electrons. The molecule has 110 valence electrons. The van der Waals surface area contributed by atoms with Crippen LogP contribution < -0.4 is 10.1 Å². The molecule has 1 unspecified atom stereocenters. The fraction of sp³-hybridized carbons (Fsp3) is 0.462. The maximum Gasteiger partial charge on any atom is 0.310 e. The number of rotatable bonds is 7. The Labute approximate surface area is 116 Å². The number of nitro benzene ring substituents is 1. The number of aliphatic hydroxyl groups is 1. The lowest BCUT2D eigenvalue weighted by Gasteiger charge is -2.09. The van der Waals surface area contributed by atoms with Crippen molar-refractivity contribution in [1.82, 2.24) is 5.32 Å². The number of benzene rings is 1. The van der Waals surface area contributed by atoms with Gasteiger partial charge in [0.25, 0.3) is 5.91 Å². The van der Waals surface area contributed by atoms with Crippen LogP contribution in [-0.4, -0.2) is 35.7 Å². The average molecular weight is 282 g/mol. The van der Waals surface area contributed by atoms with Crippen molar-refractivity contribution in [2.75, 3.05) is 13.7 Å². The van der Waals surface area contributed by atoms with Gasteiger partial charge in [0.2, 0.25) is 0 Å². The lowest BCUT2D eigenvalue weighted by molar-refractivity contribution is -0.385. The maximum atomic E-state index is 11.8. The fourth-order valence-electron chi connectivity index (χ4n) is 1.63. The van der Waals surface area contributed by atoms with Crippen molar-refractivity contribution in [3.63, 3.8) is 0 Å². The van der Waals surface area contributed by atoms with Gasteiger partial charge in [0, 0.05) is 24.2 Å². The summed E-state index contributed by atoms with van der Waals surface area (Å²) in [6, 6.07) is 3.92. The second-order valence-corrected chi connectivity index (χ2v) is 4.25. The lowest BCUT2D eigenvalue weighted by atomic mass is 10.1. The molecule has 0 fully saturated rings. The number of hydrogen-bond donors (Lipinski definition) is 2. The summed E-state index contributed by atoms with van der Waals surface area (Å²) in [4.78, 5) is 22.0. The number of carbonyl (C=O) groups is 1. The second-order valence-electron chi connectivity index (χ2n) is 4.25. The van der Waals surface area contributed by atoms with E-state index in [4.69, 9.17) is 4.74 Å². The molecule has 0 saturated heterocycles. The SMILES string of the molecule is CCC(O)CCNC(=O)c1ccc([N+](=O)[O-])c(OC)c1. The topological polar surface area (TPSA) is 102 Å². The van der Waals surface area contributed by atoms with E-state index in [9.17, 15) is 20.0 Å². The monoisotopic (exact) mass is 282 g/mol. The Morgan fingerprint density at radius 3 is 2.80 bits per heavy atom. The van der Waals surface area contributed by atoms with Crippen molar-refractivity contribution < 1.29 is 19.6 Å². The molecule has 1 atom stereocenters. The number of ether oxygens (including phenoxy) is 1. The van der Waals surface area contributed by atoms with Crippen LogP contribution in [0.15, 0.2) is 18.2 Å². The van der Waals surface area contributed by atoms with E-state index in [0.717, 1.165) is 0 Å². The van der Waals surface area contributed by atoms with Gasteiger partial charge >= 0.3 is 5.69 Å². The molecular weight excluding hydrogens is 264 g/mol. The molecule has 1 aromatic rings. The van der Waals surface area contributed by atoms with Crippen molar-refractivity contribution >= 4 is 11.6 Å². The van der Waals surface area contributed by atoms with Crippen LogP contribution in [0, 0.1) is 10.1 Å². The van der Waals surface area contributed by atoms with Gasteiger partial charge in [0.15, 0.2) is 5.75 Å². The molecule has 0 aliphatic heterocycles. The molecule has 7 nitrogen and oxygen atoms in total. The molecule has 20 heavy (non-hydrogen) atoms. The molecule has 0 aliphatic carbocycles. The number of methoxy groups -OCH3 is 1. The Kier molecular flexibility index (Phi) is 5.92. The highest BCUT2D eigenvalue weighted by Gasteiger charge is 2.17. The van der Waals surface area contributed by atoms with Crippen molar-refractivity contribution in [2.24, 2.45) is 0 Å². The van der Waals surface area contributed by atoms with E-state index in [-0.39, 0.29) is 22.9 Å². The molecule has 1 aromatic carbocycles. The summed E-state index contributed by atoms with van der Waals surface area (Å²) in [7, 11) is 1.31. The van der Waals surface area contributed by atoms with E-state index in [1.54, 1.807) is 0 Å². The van der Waals surface area contributed by atoms with Gasteiger partial charge in [-0.1, -0.05) is 6.92 Å². The van der Waals surface area contributed by atoms with Gasteiger partial charge in [-0.2, -0.15) is 0 Å². The zero-order chi connectivity index (χ0) is 15.1. The van der Waals surface area contributed by atoms with Gasteiger partial charge in [-0.3, -0.25) is 14.9 Å². The highest BCUT2D eigenvalue weighted by Crippen LogP contribution is 2.27. The predicted octanol–water partition coefficient (Wildman–Crippen LogP) is 1.49. The number of nitrogens with zero attached hydrogens (tertiary/aromatic N) is 1. The molecule has 0 heterocycles. The molecule has 1 amide bonds. The van der Waals surface area contributed by atoms with Crippen molar-refractivity contribution in [1.29, 1.82) is 0 Å². The zero-order valence-electron chi connectivity index (χ0n) is 11.5. The Hall–Kier alpha value is -2.15. The maximum absolute atomic E-state index is 11.8. The molecule has 2 N–H and O–H groups in total. The minimum Gasteiger partial charge on any atom is -0.490 e. The highest BCUT2D eigenvalue weighted by molar-refractivity contribution is 5.95. The molecular formula is C13H18N2O5. The summed E-state index contributed by atoms with van der Waals surface area (Å²) >= 11 is 0. The first-order valence-electron chi connectivity index (χ1n) is 6.28. The van der Waals surface area contributed by atoms with Gasteiger partial charge in [-0.15, -0.1) is 0 Å². The lowest BCUT2D eigenvalue weighted by Crippen LogP contribution is -2.27. The van der Waals surface area contributed by atoms with Crippen LogP contribution in [-0.2, 0) is 0 Å². The third-order valence-electron chi connectivity index (χ3n) is 2.87. The average Bonchev–Trinajstić information content (AvgIpc) is 2.45. The van der Waals surface area contributed by atoms with Crippen molar-refractivity contribution in [2.45, 2.75) is 25.9 Å². The Balaban J connectivity index is 2.71. The molecule has 0 spiro atoms. The molecule has 7 heteroatoms. The second kappa shape index (κ2) is 7.44. The van der Waals surface area contributed by atoms with Gasteiger partial charge in [-0.25, -0.2) is 0 Å². The van der Waals surface area contributed by atoms with Crippen LogP contribution in [0.4, 0.5) is 5.69 Å². The van der Waals surface area contributed by atoms with Crippen molar-refractivity contribution in [3.8, 4) is 5.75 Å². The minimum absolute atomic E-state index is 0.0382. The minimum atomic E-state index is -0.571. The van der Waals surface area contributed by atoms with Crippen LogP contribution >= 0.6 is 0 Å². The standard InChI is InChI=1S/C13H18N2O5/c1-3-10(16)6-7-14-13(17)9-4-5-11(15(18)19)12(8-9)20-2/h4-5,8,10,16H,3,6-7H2,1-2H3,(H,14,17). The first-order chi connectivity index (χ1) is 9.49. The first kappa shape index (κ1) is 15.9. The summed E-state index contributed by atoms with van der Waals surface area (Å²) in [6.07, 6.45) is 0.648. The zero-order valence-corrected chi connectivity index (χ0v) is 11.5. The third-order valence-corrected chi connectivity index (χ3v) is 2.87. The number of nitro groups is 1. The Morgan fingerprint density at radius 1 is 1.55 bits per heavy atom. The summed E-state index contributed by atoms with van der Waals surface area (Å²) in [5.41, 5.74) is 0.0869. The van der Waals surface area contributed by atoms with Crippen LogP contribution in [0.1, 0.15) is 30.1 Å². The van der Waals surface area contributed by atoms with E-state index in [1.807, 2.05) is 6.92 Å². The summed E-state index contributed by atoms with van der Waals surface area (Å²) in [5, 5.41) is 22.8. The van der Waals surface area contributed by atoms with Crippen LogP contribution in [0.25, 0.3) is 0 Å². The molecule has 0 bridgehead atoms. The predicted molar refractivity (Wildman–Crippen MR) is 72.9 cm³/mol. The van der Waals surface area contributed by atoms with Crippen LogP contribution in [0.2, 0.25) is 0 Å². The van der Waals surface area contributed by atoms with E-state index in [0.29, 0.717) is 19.4 Å². The quantitative estimate of drug-likeness (QED) is 0.582. The normalized spacial score (nSPS) is 11.8. The number of aliphatic hydroxyl groups excluding tert-OH is 1. The van der Waals surface area contributed by atoms with E-state index >= 15 is 0 Å². The van der Waals surface area contributed by atoms with Gasteiger partial charge in [0.05, 0.1) is 18.1 Å². The van der Waals surface area contributed by atoms with Gasteiger partial charge in [-0.05, 0) is 18.9 Å². The Bertz CT molecular complexity index is 490.